The first-order chi connectivity index (χ1) is 8.50. The van der Waals surface area contributed by atoms with Gasteiger partial charge in [0.25, 0.3) is 0 Å². The van der Waals surface area contributed by atoms with E-state index in [0.717, 1.165) is 33.9 Å². The van der Waals surface area contributed by atoms with Crippen molar-refractivity contribution in [2.75, 3.05) is 0 Å². The minimum atomic E-state index is 0.734. The number of halogens is 5. The average molecular weight is 565 g/mol. The van der Waals surface area contributed by atoms with Crippen molar-refractivity contribution >= 4 is 79.6 Å². The molecule has 6 heteroatoms. The number of hydrogen-bond donors (Lipinski definition) is 0. The second kappa shape index (κ2) is 6.39. The zero-order valence-corrected chi connectivity index (χ0v) is 16.6. The topological polar surface area (TPSA) is 9.23 Å². The summed E-state index contributed by atoms with van der Waals surface area (Å²) < 4.78 is 10.4. The zero-order chi connectivity index (χ0) is 13.3. The van der Waals surface area contributed by atoms with Crippen LogP contribution >= 0.6 is 79.6 Å². The highest BCUT2D eigenvalue weighted by molar-refractivity contribution is 9.14. The standard InChI is InChI=1S/C12H5Br5O/c13-6-4-5-9(11(17)10(6)16)18-12-7(14)2-1-3-8(12)15/h1-5H. The Morgan fingerprint density at radius 1 is 0.667 bits per heavy atom. The molecule has 1 nitrogen and oxygen atoms in total. The highest BCUT2D eigenvalue weighted by atomic mass is 79.9. The van der Waals surface area contributed by atoms with Crippen LogP contribution in [-0.4, -0.2) is 0 Å². The van der Waals surface area contributed by atoms with Crippen LogP contribution in [0.25, 0.3) is 0 Å². The molecule has 2 aromatic carbocycles. The summed E-state index contributed by atoms with van der Waals surface area (Å²) in [6.07, 6.45) is 0. The minimum absolute atomic E-state index is 0.734. The maximum atomic E-state index is 5.92. The Balaban J connectivity index is 2.44. The Labute approximate surface area is 147 Å². The van der Waals surface area contributed by atoms with E-state index in [0.29, 0.717) is 0 Å². The third-order valence-electron chi connectivity index (χ3n) is 2.13. The second-order valence-corrected chi connectivity index (χ2v) is 7.48. The van der Waals surface area contributed by atoms with Gasteiger partial charge in [-0.2, -0.15) is 0 Å². The molecule has 0 aliphatic carbocycles. The maximum absolute atomic E-state index is 5.92. The van der Waals surface area contributed by atoms with Gasteiger partial charge in [0, 0.05) is 8.95 Å². The summed E-state index contributed by atoms with van der Waals surface area (Å²) in [4.78, 5) is 0. The van der Waals surface area contributed by atoms with Gasteiger partial charge in [-0.15, -0.1) is 0 Å². The van der Waals surface area contributed by atoms with E-state index in [-0.39, 0.29) is 0 Å². The Morgan fingerprint density at radius 2 is 1.28 bits per heavy atom. The highest BCUT2D eigenvalue weighted by Crippen LogP contribution is 2.43. The van der Waals surface area contributed by atoms with Crippen LogP contribution in [0.5, 0.6) is 11.5 Å². The van der Waals surface area contributed by atoms with E-state index in [1.807, 2.05) is 30.3 Å². The normalized spacial score (nSPS) is 10.5. The predicted molar refractivity (Wildman–Crippen MR) is 91.5 cm³/mol. The summed E-state index contributed by atoms with van der Waals surface area (Å²) in [7, 11) is 0. The van der Waals surface area contributed by atoms with E-state index < -0.39 is 0 Å². The molecule has 2 rings (SSSR count). The Kier molecular flexibility index (Phi) is 5.34. The van der Waals surface area contributed by atoms with Crippen LogP contribution in [0, 0.1) is 0 Å². The van der Waals surface area contributed by atoms with Crippen molar-refractivity contribution in [1.82, 2.24) is 0 Å². The van der Waals surface area contributed by atoms with E-state index in [1.165, 1.54) is 0 Å². The van der Waals surface area contributed by atoms with Crippen molar-refractivity contribution in [3.05, 3.63) is 52.7 Å². The van der Waals surface area contributed by atoms with Crippen molar-refractivity contribution in [2.45, 2.75) is 0 Å². The van der Waals surface area contributed by atoms with Gasteiger partial charge >= 0.3 is 0 Å². The molecule has 0 radical (unpaired) electrons. The third kappa shape index (κ3) is 3.20. The van der Waals surface area contributed by atoms with Crippen molar-refractivity contribution in [3.63, 3.8) is 0 Å². The molecule has 0 amide bonds. The molecule has 0 saturated carbocycles. The van der Waals surface area contributed by atoms with E-state index in [4.69, 9.17) is 4.74 Å². The van der Waals surface area contributed by atoms with Crippen LogP contribution in [0.1, 0.15) is 0 Å². The molecule has 0 spiro atoms. The summed E-state index contributed by atoms with van der Waals surface area (Å²) in [5, 5.41) is 0. The fourth-order valence-corrected chi connectivity index (χ4v) is 3.79. The number of benzene rings is 2. The zero-order valence-electron chi connectivity index (χ0n) is 8.68. The van der Waals surface area contributed by atoms with Crippen LogP contribution in [-0.2, 0) is 0 Å². The molecule has 0 atom stereocenters. The summed E-state index contributed by atoms with van der Waals surface area (Å²) in [6, 6.07) is 9.62. The van der Waals surface area contributed by atoms with Crippen molar-refractivity contribution < 1.29 is 4.74 Å². The van der Waals surface area contributed by atoms with Gasteiger partial charge in [0.2, 0.25) is 0 Å². The average Bonchev–Trinajstić information content (AvgIpc) is 2.34. The van der Waals surface area contributed by atoms with Gasteiger partial charge in [-0.25, -0.2) is 0 Å². The monoisotopic (exact) mass is 560 g/mol. The molecular formula is C12H5Br5O. The molecule has 0 saturated heterocycles. The molecule has 0 fully saturated rings. The quantitative estimate of drug-likeness (QED) is 0.348. The molecule has 0 unspecified atom stereocenters. The minimum Gasteiger partial charge on any atom is -0.454 e. The second-order valence-electron chi connectivity index (χ2n) is 3.33. The van der Waals surface area contributed by atoms with Crippen LogP contribution in [0.15, 0.2) is 52.7 Å². The van der Waals surface area contributed by atoms with Gasteiger partial charge in [0.05, 0.1) is 13.4 Å². The Bertz CT molecular complexity index is 577. The van der Waals surface area contributed by atoms with Crippen molar-refractivity contribution in [3.8, 4) is 11.5 Å². The molecule has 0 aliphatic heterocycles. The number of hydrogen-bond acceptors (Lipinski definition) is 1. The first-order valence-corrected chi connectivity index (χ1v) is 8.72. The third-order valence-corrected chi connectivity index (χ3v) is 6.72. The molecule has 2 aromatic rings. The highest BCUT2D eigenvalue weighted by Gasteiger charge is 2.12. The molecule has 0 aliphatic rings. The lowest BCUT2D eigenvalue weighted by molar-refractivity contribution is 0.473. The maximum Gasteiger partial charge on any atom is 0.155 e. The van der Waals surface area contributed by atoms with Gasteiger partial charge in [-0.05, 0) is 104 Å². The van der Waals surface area contributed by atoms with E-state index in [1.54, 1.807) is 0 Å². The number of rotatable bonds is 2. The largest absolute Gasteiger partial charge is 0.454 e. The lowest BCUT2D eigenvalue weighted by Gasteiger charge is -2.12. The van der Waals surface area contributed by atoms with Gasteiger partial charge in [-0.1, -0.05) is 6.07 Å². The van der Waals surface area contributed by atoms with Crippen LogP contribution < -0.4 is 4.74 Å². The summed E-state index contributed by atoms with van der Waals surface area (Å²) >= 11 is 17.4. The fourth-order valence-electron chi connectivity index (χ4n) is 1.28. The molecule has 18 heavy (non-hydrogen) atoms. The van der Waals surface area contributed by atoms with Gasteiger partial charge in [0.1, 0.15) is 5.75 Å². The molecule has 94 valence electrons. The van der Waals surface area contributed by atoms with Gasteiger partial charge in [0.15, 0.2) is 5.75 Å². The number of ether oxygens (including phenoxy) is 1. The van der Waals surface area contributed by atoms with Crippen molar-refractivity contribution in [2.24, 2.45) is 0 Å². The lowest BCUT2D eigenvalue weighted by Crippen LogP contribution is -1.89. The molecule has 0 heterocycles. The van der Waals surface area contributed by atoms with Crippen LogP contribution in [0.4, 0.5) is 0 Å². The summed E-state index contributed by atoms with van der Waals surface area (Å²) in [5.74, 6) is 1.48. The molecule has 0 bridgehead atoms. The van der Waals surface area contributed by atoms with Gasteiger partial charge in [-0.3, -0.25) is 0 Å². The SMILES string of the molecule is Brc1ccc(Oc2c(Br)cccc2Br)c(Br)c1Br. The predicted octanol–water partition coefficient (Wildman–Crippen LogP) is 7.29. The van der Waals surface area contributed by atoms with E-state index in [9.17, 15) is 0 Å². The van der Waals surface area contributed by atoms with Crippen LogP contribution in [0.3, 0.4) is 0 Å². The molecule has 0 aromatic heterocycles. The summed E-state index contributed by atoms with van der Waals surface area (Å²) in [6.45, 7) is 0. The molecule has 0 N–H and O–H groups in total. The van der Waals surface area contributed by atoms with Gasteiger partial charge < -0.3 is 4.74 Å². The van der Waals surface area contributed by atoms with Crippen molar-refractivity contribution in [1.29, 1.82) is 0 Å². The summed E-state index contributed by atoms with van der Waals surface area (Å²) in [5.41, 5.74) is 0. The first kappa shape index (κ1) is 15.0. The Hall–Kier alpha value is 0.640. The smallest absolute Gasteiger partial charge is 0.155 e. The first-order valence-electron chi connectivity index (χ1n) is 4.76. The fraction of sp³-hybridized carbons (Fsp3) is 0. The van der Waals surface area contributed by atoms with E-state index >= 15 is 0 Å². The number of para-hydroxylation sites is 1. The Morgan fingerprint density at radius 3 is 1.89 bits per heavy atom. The van der Waals surface area contributed by atoms with E-state index in [2.05, 4.69) is 79.6 Å². The molecular weight excluding hydrogens is 560 g/mol. The lowest BCUT2D eigenvalue weighted by atomic mass is 10.3. The van der Waals surface area contributed by atoms with Crippen LogP contribution in [0.2, 0.25) is 0 Å².